The number of anilines is 1. The summed E-state index contributed by atoms with van der Waals surface area (Å²) in [6, 6.07) is 11.5. The molecule has 1 spiro atoms. The fourth-order valence-corrected chi connectivity index (χ4v) is 4.80. The summed E-state index contributed by atoms with van der Waals surface area (Å²) in [4.78, 5) is 17.6. The van der Waals surface area contributed by atoms with Gasteiger partial charge in [-0.15, -0.1) is 0 Å². The summed E-state index contributed by atoms with van der Waals surface area (Å²) < 4.78 is 0. The van der Waals surface area contributed by atoms with E-state index in [0.717, 1.165) is 38.2 Å². The third kappa shape index (κ3) is 3.02. The minimum atomic E-state index is -0.0321. The van der Waals surface area contributed by atoms with E-state index in [1.165, 1.54) is 11.1 Å². The Kier molecular flexibility index (Phi) is 4.50. The van der Waals surface area contributed by atoms with Gasteiger partial charge in [0.25, 0.3) is 5.91 Å². The van der Waals surface area contributed by atoms with Gasteiger partial charge in [0.15, 0.2) is 0 Å². The fraction of sp³-hybridized carbons (Fsp3) is 0.381. The minimum absolute atomic E-state index is 0.0321. The largest absolute Gasteiger partial charge is 0.307 e. The Labute approximate surface area is 164 Å². The van der Waals surface area contributed by atoms with Crippen molar-refractivity contribution in [2.45, 2.75) is 25.2 Å². The van der Waals surface area contributed by atoms with Crippen molar-refractivity contribution in [3.05, 3.63) is 63.1 Å². The highest BCUT2D eigenvalue weighted by atomic mass is 35.5. The lowest BCUT2D eigenvalue weighted by atomic mass is 9.74. The number of nitrogens with zero attached hydrogens (tertiary/aromatic N) is 2. The summed E-state index contributed by atoms with van der Waals surface area (Å²) in [5.41, 5.74) is 4.17. The van der Waals surface area contributed by atoms with Crippen LogP contribution in [0.15, 0.2) is 36.4 Å². The molecule has 0 aliphatic carbocycles. The van der Waals surface area contributed by atoms with Crippen LogP contribution in [0.25, 0.3) is 0 Å². The summed E-state index contributed by atoms with van der Waals surface area (Å²) in [6.45, 7) is 4.95. The monoisotopic (exact) mass is 388 g/mol. The molecule has 3 nitrogen and oxygen atoms in total. The van der Waals surface area contributed by atoms with E-state index in [9.17, 15) is 4.79 Å². The van der Waals surface area contributed by atoms with E-state index in [-0.39, 0.29) is 11.3 Å². The highest BCUT2D eigenvalue weighted by Gasteiger charge is 2.46. The van der Waals surface area contributed by atoms with Crippen molar-refractivity contribution in [3.63, 3.8) is 0 Å². The second-order valence-corrected chi connectivity index (χ2v) is 8.53. The van der Waals surface area contributed by atoms with Crippen molar-refractivity contribution >= 4 is 34.8 Å². The lowest BCUT2D eigenvalue weighted by molar-refractivity contribution is 0.0979. The predicted molar refractivity (Wildman–Crippen MR) is 108 cm³/mol. The number of carbonyl (C=O) groups is 1. The first-order valence-corrected chi connectivity index (χ1v) is 9.71. The first-order chi connectivity index (χ1) is 12.4. The van der Waals surface area contributed by atoms with Gasteiger partial charge >= 0.3 is 0 Å². The average molecular weight is 389 g/mol. The lowest BCUT2D eigenvalue weighted by Crippen LogP contribution is -2.44. The zero-order chi connectivity index (χ0) is 18.5. The molecule has 0 bridgehead atoms. The number of carbonyl (C=O) groups excluding carboxylic acids is 1. The van der Waals surface area contributed by atoms with Crippen molar-refractivity contribution < 1.29 is 4.79 Å². The maximum atomic E-state index is 13.3. The van der Waals surface area contributed by atoms with Gasteiger partial charge in [-0.05, 0) is 69.7 Å². The van der Waals surface area contributed by atoms with Crippen LogP contribution < -0.4 is 4.90 Å². The van der Waals surface area contributed by atoms with E-state index in [2.05, 4.69) is 37.1 Å². The molecule has 1 amide bonds. The number of amides is 1. The smallest absolute Gasteiger partial charge is 0.258 e. The molecule has 2 heterocycles. The molecule has 4 rings (SSSR count). The van der Waals surface area contributed by atoms with Crippen LogP contribution in [0.1, 0.15) is 34.3 Å². The number of hydrogen-bond acceptors (Lipinski definition) is 2. The topological polar surface area (TPSA) is 23.6 Å². The molecule has 0 unspecified atom stereocenters. The molecular formula is C21H22Cl2N2O. The summed E-state index contributed by atoms with van der Waals surface area (Å²) in [5, 5.41) is 0.969. The molecule has 0 saturated carbocycles. The maximum Gasteiger partial charge on any atom is 0.258 e. The number of piperidine rings is 1. The number of halogens is 2. The second-order valence-electron chi connectivity index (χ2n) is 7.65. The zero-order valence-corrected chi connectivity index (χ0v) is 16.6. The third-order valence-electron chi connectivity index (χ3n) is 5.77. The van der Waals surface area contributed by atoms with Crippen molar-refractivity contribution in [2.24, 2.45) is 0 Å². The second kappa shape index (κ2) is 6.56. The molecule has 2 aromatic carbocycles. The Morgan fingerprint density at radius 1 is 1.04 bits per heavy atom. The lowest BCUT2D eigenvalue weighted by Gasteiger charge is -2.38. The van der Waals surface area contributed by atoms with Gasteiger partial charge in [0, 0.05) is 33.3 Å². The normalized spacial score (nSPS) is 19.0. The van der Waals surface area contributed by atoms with Crippen molar-refractivity contribution in [1.82, 2.24) is 4.90 Å². The molecule has 0 aromatic heterocycles. The van der Waals surface area contributed by atoms with E-state index >= 15 is 0 Å². The van der Waals surface area contributed by atoms with Crippen LogP contribution in [-0.4, -0.2) is 37.5 Å². The van der Waals surface area contributed by atoms with Crippen LogP contribution in [0, 0.1) is 6.92 Å². The van der Waals surface area contributed by atoms with Crippen LogP contribution in [-0.2, 0) is 5.41 Å². The summed E-state index contributed by atoms with van der Waals surface area (Å²) in [7, 11) is 2.16. The number of rotatable bonds is 1. The number of aryl methyl sites for hydroxylation is 1. The van der Waals surface area contributed by atoms with Gasteiger partial charge in [0.05, 0.1) is 0 Å². The van der Waals surface area contributed by atoms with Gasteiger partial charge in [0.1, 0.15) is 0 Å². The molecule has 2 aliphatic rings. The van der Waals surface area contributed by atoms with Crippen LogP contribution in [0.5, 0.6) is 0 Å². The fourth-order valence-electron chi connectivity index (χ4n) is 4.27. The zero-order valence-electron chi connectivity index (χ0n) is 15.1. The summed E-state index contributed by atoms with van der Waals surface area (Å²) in [6.07, 6.45) is 2.14. The molecule has 2 aliphatic heterocycles. The molecule has 136 valence electrons. The van der Waals surface area contributed by atoms with E-state index in [0.29, 0.717) is 15.6 Å². The Balaban J connectivity index is 1.75. The molecule has 0 atom stereocenters. The van der Waals surface area contributed by atoms with Gasteiger partial charge in [-0.3, -0.25) is 4.79 Å². The standard InChI is InChI=1S/C21H22Cl2N2O/c1-14-3-4-19-18(9-14)21(5-7-24(2)8-6-21)13-25(19)20(26)15-10-16(22)12-17(23)11-15/h3-4,9-12H,5-8,13H2,1-2H3. The first kappa shape index (κ1) is 17.8. The van der Waals surface area contributed by atoms with E-state index in [1.807, 2.05) is 4.90 Å². The quantitative estimate of drug-likeness (QED) is 0.691. The van der Waals surface area contributed by atoms with Gasteiger partial charge < -0.3 is 9.80 Å². The van der Waals surface area contributed by atoms with Crippen molar-refractivity contribution in [3.8, 4) is 0 Å². The minimum Gasteiger partial charge on any atom is -0.307 e. The highest BCUT2D eigenvalue weighted by molar-refractivity contribution is 6.35. The molecule has 0 N–H and O–H groups in total. The SMILES string of the molecule is Cc1ccc2c(c1)C1(CCN(C)CC1)CN2C(=O)c1cc(Cl)cc(Cl)c1. The summed E-state index contributed by atoms with van der Waals surface area (Å²) >= 11 is 12.2. The average Bonchev–Trinajstić information content (AvgIpc) is 2.90. The van der Waals surface area contributed by atoms with Crippen molar-refractivity contribution in [1.29, 1.82) is 0 Å². The van der Waals surface area contributed by atoms with Crippen molar-refractivity contribution in [2.75, 3.05) is 31.6 Å². The van der Waals surface area contributed by atoms with Crippen LogP contribution in [0.2, 0.25) is 10.0 Å². The molecule has 0 radical (unpaired) electrons. The van der Waals surface area contributed by atoms with E-state index in [1.54, 1.807) is 18.2 Å². The Morgan fingerprint density at radius 3 is 2.35 bits per heavy atom. The Morgan fingerprint density at radius 2 is 1.69 bits per heavy atom. The van der Waals surface area contributed by atoms with Gasteiger partial charge in [-0.2, -0.15) is 0 Å². The molecular weight excluding hydrogens is 367 g/mol. The highest BCUT2D eigenvalue weighted by Crippen LogP contribution is 2.47. The number of fused-ring (bicyclic) bond motifs is 2. The number of hydrogen-bond donors (Lipinski definition) is 0. The third-order valence-corrected chi connectivity index (χ3v) is 6.21. The Bertz CT molecular complexity index is 852. The van der Waals surface area contributed by atoms with Gasteiger partial charge in [0.2, 0.25) is 0 Å². The maximum absolute atomic E-state index is 13.3. The molecule has 5 heteroatoms. The molecule has 2 aromatic rings. The molecule has 1 saturated heterocycles. The molecule has 1 fully saturated rings. The van der Waals surface area contributed by atoms with E-state index in [4.69, 9.17) is 23.2 Å². The Hall–Kier alpha value is -1.55. The molecule has 26 heavy (non-hydrogen) atoms. The van der Waals surface area contributed by atoms with Crippen LogP contribution in [0.3, 0.4) is 0 Å². The van der Waals surface area contributed by atoms with Gasteiger partial charge in [-0.1, -0.05) is 40.9 Å². The van der Waals surface area contributed by atoms with Crippen LogP contribution in [0.4, 0.5) is 5.69 Å². The number of benzene rings is 2. The summed E-state index contributed by atoms with van der Waals surface area (Å²) in [5.74, 6) is -0.0321. The first-order valence-electron chi connectivity index (χ1n) is 8.96. The predicted octanol–water partition coefficient (Wildman–Crippen LogP) is 4.93. The van der Waals surface area contributed by atoms with E-state index < -0.39 is 0 Å². The number of likely N-dealkylation sites (tertiary alicyclic amines) is 1. The van der Waals surface area contributed by atoms with Crippen LogP contribution >= 0.6 is 23.2 Å². The van der Waals surface area contributed by atoms with Gasteiger partial charge in [-0.25, -0.2) is 0 Å².